The van der Waals surface area contributed by atoms with E-state index in [9.17, 15) is 4.79 Å². The smallest absolute Gasteiger partial charge is 0.310 e. The summed E-state index contributed by atoms with van der Waals surface area (Å²) in [6, 6.07) is 10.5. The van der Waals surface area contributed by atoms with E-state index in [0.29, 0.717) is 11.8 Å². The maximum atomic E-state index is 12.9. The van der Waals surface area contributed by atoms with Gasteiger partial charge >= 0.3 is 5.97 Å². The number of esters is 1. The molecule has 2 aliphatic carbocycles. The standard InChI is InChI=1S/C28H38N2O3/c1-27-10-6-11-28(20-32-28)25(27)17-22-23(26(31)33-24(22)18-27)19-30-15-13-29(14-16-30)12-5-9-21-7-3-2-4-8-21/h2-5,7-9,22-25H,6,10-20H2,1H3/b9-5+/t22-,23?,24-,25?,27-,28?/m1/s1. The molecule has 5 heteroatoms. The summed E-state index contributed by atoms with van der Waals surface area (Å²) in [5.41, 5.74) is 1.67. The van der Waals surface area contributed by atoms with Gasteiger partial charge in [-0.05, 0) is 49.0 Å². The topological polar surface area (TPSA) is 45.3 Å². The Morgan fingerprint density at radius 3 is 2.61 bits per heavy atom. The van der Waals surface area contributed by atoms with Crippen molar-refractivity contribution in [2.24, 2.45) is 23.2 Å². The van der Waals surface area contributed by atoms with E-state index in [1.165, 1.54) is 24.8 Å². The average molecular weight is 451 g/mol. The maximum Gasteiger partial charge on any atom is 0.310 e. The van der Waals surface area contributed by atoms with Gasteiger partial charge in [0.1, 0.15) is 6.10 Å². The van der Waals surface area contributed by atoms with E-state index in [1.54, 1.807) is 0 Å². The van der Waals surface area contributed by atoms with E-state index in [1.807, 2.05) is 0 Å². The third-order valence-corrected chi connectivity index (χ3v) is 9.47. The summed E-state index contributed by atoms with van der Waals surface area (Å²) in [6.45, 7) is 9.42. The molecule has 5 nitrogen and oxygen atoms in total. The fourth-order valence-corrected chi connectivity index (χ4v) is 7.50. The first kappa shape index (κ1) is 21.8. The van der Waals surface area contributed by atoms with Crippen LogP contribution in [0, 0.1) is 23.2 Å². The molecule has 6 rings (SSSR count). The Balaban J connectivity index is 1.04. The van der Waals surface area contributed by atoms with Crippen molar-refractivity contribution in [3.63, 3.8) is 0 Å². The zero-order valence-electron chi connectivity index (χ0n) is 20.0. The largest absolute Gasteiger partial charge is 0.462 e. The van der Waals surface area contributed by atoms with Crippen molar-refractivity contribution in [1.29, 1.82) is 0 Å². The van der Waals surface area contributed by atoms with Gasteiger partial charge in [-0.3, -0.25) is 14.6 Å². The zero-order chi connectivity index (χ0) is 22.5. The summed E-state index contributed by atoms with van der Waals surface area (Å²) < 4.78 is 12.1. The molecule has 3 unspecified atom stereocenters. The molecule has 0 N–H and O–H groups in total. The van der Waals surface area contributed by atoms with Crippen LogP contribution in [0.3, 0.4) is 0 Å². The van der Waals surface area contributed by atoms with E-state index >= 15 is 0 Å². The molecule has 3 saturated heterocycles. The van der Waals surface area contributed by atoms with Crippen molar-refractivity contribution in [2.75, 3.05) is 45.9 Å². The van der Waals surface area contributed by atoms with E-state index in [0.717, 1.165) is 58.7 Å². The van der Waals surface area contributed by atoms with E-state index in [-0.39, 0.29) is 29.0 Å². The first-order chi connectivity index (χ1) is 16.0. The van der Waals surface area contributed by atoms with Gasteiger partial charge in [-0.1, -0.05) is 49.4 Å². The van der Waals surface area contributed by atoms with Crippen LogP contribution in [0.2, 0.25) is 0 Å². The molecule has 1 aromatic carbocycles. The normalized spacial score (nSPS) is 41.2. The predicted octanol–water partition coefficient (Wildman–Crippen LogP) is 3.84. The predicted molar refractivity (Wildman–Crippen MR) is 129 cm³/mol. The molecule has 0 amide bonds. The Morgan fingerprint density at radius 2 is 1.85 bits per heavy atom. The quantitative estimate of drug-likeness (QED) is 0.504. The molecular formula is C28H38N2O3. The van der Waals surface area contributed by atoms with Crippen LogP contribution in [0.5, 0.6) is 0 Å². The lowest BCUT2D eigenvalue weighted by molar-refractivity contribution is -0.147. The van der Waals surface area contributed by atoms with Gasteiger partial charge in [0.25, 0.3) is 0 Å². The number of nitrogens with zero attached hydrogens (tertiary/aromatic N) is 2. The summed E-state index contributed by atoms with van der Waals surface area (Å²) >= 11 is 0. The van der Waals surface area contributed by atoms with E-state index in [4.69, 9.17) is 9.47 Å². The number of ether oxygens (including phenoxy) is 2. The Kier molecular flexibility index (Phi) is 5.63. The lowest BCUT2D eigenvalue weighted by Crippen LogP contribution is -2.52. The monoisotopic (exact) mass is 450 g/mol. The van der Waals surface area contributed by atoms with Gasteiger partial charge in [0.05, 0.1) is 18.1 Å². The number of benzene rings is 1. The molecule has 1 aromatic rings. The van der Waals surface area contributed by atoms with Crippen LogP contribution in [0.1, 0.15) is 44.6 Å². The summed E-state index contributed by atoms with van der Waals surface area (Å²) in [5.74, 6) is 1.08. The second kappa shape index (κ2) is 8.51. The van der Waals surface area contributed by atoms with Crippen LogP contribution in [0.4, 0.5) is 0 Å². The third-order valence-electron chi connectivity index (χ3n) is 9.47. The number of hydrogen-bond acceptors (Lipinski definition) is 5. The van der Waals surface area contributed by atoms with E-state index < -0.39 is 0 Å². The molecule has 1 spiro atoms. The van der Waals surface area contributed by atoms with Crippen LogP contribution in [0.15, 0.2) is 36.4 Å². The van der Waals surface area contributed by atoms with Crippen molar-refractivity contribution in [2.45, 2.75) is 50.7 Å². The van der Waals surface area contributed by atoms with Crippen LogP contribution < -0.4 is 0 Å². The van der Waals surface area contributed by atoms with E-state index in [2.05, 4.69) is 59.2 Å². The second-order valence-electron chi connectivity index (χ2n) is 11.5. The van der Waals surface area contributed by atoms with Gasteiger partial charge < -0.3 is 9.47 Å². The highest BCUT2D eigenvalue weighted by atomic mass is 16.6. The van der Waals surface area contributed by atoms with Crippen LogP contribution >= 0.6 is 0 Å². The molecule has 0 aromatic heterocycles. The number of piperazine rings is 1. The lowest BCUT2D eigenvalue weighted by atomic mass is 9.53. The number of epoxide rings is 1. The first-order valence-corrected chi connectivity index (χ1v) is 13.1. The van der Waals surface area contributed by atoms with Gasteiger partial charge in [0, 0.05) is 45.2 Å². The highest BCUT2D eigenvalue weighted by Gasteiger charge is 2.65. The number of carbonyl (C=O) groups excluding carboxylic acids is 1. The molecule has 0 bridgehead atoms. The van der Waals surface area contributed by atoms with Crippen molar-refractivity contribution in [3.05, 3.63) is 42.0 Å². The Morgan fingerprint density at radius 1 is 1.09 bits per heavy atom. The minimum atomic E-state index is 0.0433. The SMILES string of the molecule is C[C@]12CCCC3(CO3)C1C[C@@H]1C(CN3CCN(C/C=C/c4ccccc4)CC3)C(=O)O[C@@H]1C2. The zero-order valence-corrected chi connectivity index (χ0v) is 20.0. The molecule has 2 saturated carbocycles. The molecule has 178 valence electrons. The van der Waals surface area contributed by atoms with Gasteiger partial charge in [-0.2, -0.15) is 0 Å². The van der Waals surface area contributed by atoms with Crippen LogP contribution in [-0.2, 0) is 14.3 Å². The van der Waals surface area contributed by atoms with Gasteiger partial charge in [-0.25, -0.2) is 0 Å². The summed E-state index contributed by atoms with van der Waals surface area (Å²) in [4.78, 5) is 18.0. The van der Waals surface area contributed by atoms with Crippen molar-refractivity contribution >= 4 is 12.0 Å². The molecule has 3 heterocycles. The molecule has 5 aliphatic rings. The van der Waals surface area contributed by atoms with Crippen molar-refractivity contribution < 1.29 is 14.3 Å². The summed E-state index contributed by atoms with van der Waals surface area (Å²) in [7, 11) is 0. The van der Waals surface area contributed by atoms with Crippen LogP contribution in [0.25, 0.3) is 6.08 Å². The van der Waals surface area contributed by atoms with Crippen molar-refractivity contribution in [3.8, 4) is 0 Å². The molecule has 0 radical (unpaired) electrons. The summed E-state index contributed by atoms with van der Waals surface area (Å²) in [6.07, 6.45) is 10.5. The fraction of sp³-hybridized carbons (Fsp3) is 0.679. The molecular weight excluding hydrogens is 412 g/mol. The van der Waals surface area contributed by atoms with Crippen LogP contribution in [-0.4, -0.2) is 73.3 Å². The molecule has 33 heavy (non-hydrogen) atoms. The number of fused-ring (bicyclic) bond motifs is 3. The van der Waals surface area contributed by atoms with Gasteiger partial charge in [0.15, 0.2) is 0 Å². The number of hydrogen-bond donors (Lipinski definition) is 0. The van der Waals surface area contributed by atoms with Gasteiger partial charge in [-0.15, -0.1) is 0 Å². The summed E-state index contributed by atoms with van der Waals surface area (Å²) in [5, 5.41) is 0. The van der Waals surface area contributed by atoms with Crippen molar-refractivity contribution in [1.82, 2.24) is 9.80 Å². The molecule has 5 fully saturated rings. The second-order valence-corrected chi connectivity index (χ2v) is 11.5. The molecule has 3 aliphatic heterocycles. The fourth-order valence-electron chi connectivity index (χ4n) is 7.50. The Hall–Kier alpha value is -1.69. The highest BCUT2D eigenvalue weighted by Crippen LogP contribution is 2.62. The maximum absolute atomic E-state index is 12.9. The first-order valence-electron chi connectivity index (χ1n) is 13.1. The minimum Gasteiger partial charge on any atom is -0.462 e. The average Bonchev–Trinajstić information content (AvgIpc) is 3.52. The highest BCUT2D eigenvalue weighted by molar-refractivity contribution is 5.75. The lowest BCUT2D eigenvalue weighted by Gasteiger charge is -2.51. The third kappa shape index (κ3) is 4.17. The minimum absolute atomic E-state index is 0.0433. The molecule has 6 atom stereocenters. The Labute approximate surface area is 198 Å². The Bertz CT molecular complexity index is 890. The number of rotatable bonds is 5. The van der Waals surface area contributed by atoms with Gasteiger partial charge in [0.2, 0.25) is 0 Å². The number of carbonyl (C=O) groups is 1.